The van der Waals surface area contributed by atoms with Crippen molar-refractivity contribution in [1.29, 1.82) is 0 Å². The van der Waals surface area contributed by atoms with E-state index in [2.05, 4.69) is 29.3 Å². The number of aromatic hydroxyl groups is 1. The molecule has 3 aliphatic carbocycles. The highest BCUT2D eigenvalue weighted by Crippen LogP contribution is 2.55. The number of ether oxygens (including phenoxy) is 2. The second kappa shape index (κ2) is 17.8. The topological polar surface area (TPSA) is 183 Å². The first-order valence-electron chi connectivity index (χ1n) is 23.5. The summed E-state index contributed by atoms with van der Waals surface area (Å²) in [7, 11) is 0. The lowest BCUT2D eigenvalue weighted by atomic mass is 9.53. The maximum absolute atomic E-state index is 15.4. The van der Waals surface area contributed by atoms with Crippen LogP contribution in [-0.4, -0.2) is 73.7 Å². The van der Waals surface area contributed by atoms with Crippen molar-refractivity contribution in [3.63, 3.8) is 0 Å². The minimum atomic E-state index is -1.60. The fraction of sp³-hybridized carbons (Fsp3) is 0.528. The average molecular weight is 872 g/mol. The first kappa shape index (κ1) is 44.2. The van der Waals surface area contributed by atoms with E-state index < -0.39 is 59.0 Å². The lowest BCUT2D eigenvalue weighted by molar-refractivity contribution is -0.212. The summed E-state index contributed by atoms with van der Waals surface area (Å²) >= 11 is 0. The highest BCUT2D eigenvalue weighted by Gasteiger charge is 2.59. The van der Waals surface area contributed by atoms with E-state index in [0.717, 1.165) is 30.4 Å². The maximum Gasteiger partial charge on any atom is 0.334 e. The third-order valence-corrected chi connectivity index (χ3v) is 15.8. The van der Waals surface area contributed by atoms with Gasteiger partial charge in [-0.15, -0.1) is 0 Å². The molecule has 338 valence electrons. The van der Waals surface area contributed by atoms with Crippen LogP contribution < -0.4 is 10.1 Å². The molecule has 11 heteroatoms. The van der Waals surface area contributed by atoms with Crippen molar-refractivity contribution >= 4 is 23.4 Å². The van der Waals surface area contributed by atoms with Crippen LogP contribution in [0.25, 0.3) is 0 Å². The zero-order valence-corrected chi connectivity index (χ0v) is 36.9. The summed E-state index contributed by atoms with van der Waals surface area (Å²) in [6.07, 6.45) is 4.82. The number of carbonyl (C=O) groups excluding carboxylic acids is 3. The van der Waals surface area contributed by atoms with Crippen LogP contribution in [0.4, 0.5) is 5.69 Å². The second-order valence-corrected chi connectivity index (χ2v) is 19.6. The first-order chi connectivity index (χ1) is 30.8. The molecule has 64 heavy (non-hydrogen) atoms. The molecule has 3 aromatic carbocycles. The van der Waals surface area contributed by atoms with Gasteiger partial charge in [0.1, 0.15) is 29.0 Å². The molecule has 3 heterocycles. The van der Waals surface area contributed by atoms with E-state index in [0.29, 0.717) is 66.5 Å². The molecule has 10 unspecified atom stereocenters. The molecular formula is C53H61NO10. The Balaban J connectivity index is 1.29. The number of ketones is 1. The quantitative estimate of drug-likeness (QED) is 0.0868. The Morgan fingerprint density at radius 1 is 0.938 bits per heavy atom. The van der Waals surface area contributed by atoms with Gasteiger partial charge in [0.05, 0.1) is 31.2 Å². The predicted octanol–water partition coefficient (Wildman–Crippen LogP) is 6.83. The van der Waals surface area contributed by atoms with E-state index in [4.69, 9.17) is 9.47 Å². The molecule has 6 aliphatic rings. The number of carbonyl (C=O) groups is 3. The van der Waals surface area contributed by atoms with E-state index in [1.165, 1.54) is 6.07 Å². The summed E-state index contributed by atoms with van der Waals surface area (Å²) in [5, 5.41) is 61.9. The van der Waals surface area contributed by atoms with Gasteiger partial charge >= 0.3 is 11.9 Å². The van der Waals surface area contributed by atoms with Gasteiger partial charge in [-0.25, -0.2) is 4.79 Å². The summed E-state index contributed by atoms with van der Waals surface area (Å²) in [4.78, 5) is 42.6. The molecule has 0 saturated heterocycles. The van der Waals surface area contributed by atoms with Crippen molar-refractivity contribution in [2.24, 2.45) is 23.7 Å². The normalized spacial score (nSPS) is 31.3. The second-order valence-electron chi connectivity index (χ2n) is 19.6. The van der Waals surface area contributed by atoms with Crippen molar-refractivity contribution < 1.29 is 49.4 Å². The van der Waals surface area contributed by atoms with Crippen LogP contribution in [-0.2, 0) is 44.0 Å². The van der Waals surface area contributed by atoms with Gasteiger partial charge in [0, 0.05) is 59.5 Å². The van der Waals surface area contributed by atoms with Crippen LogP contribution in [0.1, 0.15) is 130 Å². The van der Waals surface area contributed by atoms with Crippen molar-refractivity contribution in [3.8, 4) is 23.3 Å². The number of nitrogens with one attached hydrogen (secondary N) is 1. The molecule has 1 spiro atoms. The Kier molecular flexibility index (Phi) is 12.3. The van der Waals surface area contributed by atoms with E-state index >= 15 is 4.79 Å². The zero-order valence-electron chi connectivity index (χ0n) is 36.9. The molecule has 9 rings (SSSR count). The zero-order chi connectivity index (χ0) is 44.9. The number of phenols is 1. The molecule has 3 aliphatic heterocycles. The molecule has 3 aromatic rings. The number of aliphatic hydroxyl groups excluding tert-OH is 3. The van der Waals surface area contributed by atoms with E-state index in [9.17, 15) is 35.1 Å². The van der Waals surface area contributed by atoms with Gasteiger partial charge in [-0.05, 0) is 122 Å². The highest BCUT2D eigenvalue weighted by atomic mass is 16.6. The maximum atomic E-state index is 15.4. The standard InChI is InChI=1S/C53H61NO10/c1-3-38-11-12-41-43-20-31-7-6-8-39(18-31)52(15-4-5-16-52)48(59)24-37-21-33(35-17-32(29-55)19-40(22-35)54-28-30(2)56)9-10-34-26-50(60)63-47-27-46(58)36(23-42(34)47)25-49(64-51(37)61)53(38,62)44(41)13-14-45(43)57/h6-8,17-19,22-24,27,30,33-34,38,41,43-44,48-49,54-56,58-59,62H,3-5,11-16,20-21,25-26,28-29H2,1-2H3. The average Bonchev–Trinajstić information content (AvgIpc) is 3.79. The molecule has 0 amide bonds. The fourth-order valence-electron chi connectivity index (χ4n) is 12.5. The van der Waals surface area contributed by atoms with Gasteiger partial charge in [0.2, 0.25) is 0 Å². The summed E-state index contributed by atoms with van der Waals surface area (Å²) in [5.74, 6) is 3.13. The number of benzene rings is 3. The lowest BCUT2D eigenvalue weighted by Gasteiger charge is -2.56. The number of hydrogen-bond donors (Lipinski definition) is 6. The van der Waals surface area contributed by atoms with Crippen molar-refractivity contribution in [2.75, 3.05) is 11.9 Å². The van der Waals surface area contributed by atoms with Crippen LogP contribution in [0.3, 0.4) is 0 Å². The number of rotatable bonds is 6. The van der Waals surface area contributed by atoms with Gasteiger partial charge in [-0.1, -0.05) is 68.4 Å². The van der Waals surface area contributed by atoms with Gasteiger partial charge in [-0.3, -0.25) is 9.59 Å². The van der Waals surface area contributed by atoms with Crippen LogP contribution >= 0.6 is 0 Å². The molecule has 3 saturated carbocycles. The third kappa shape index (κ3) is 8.16. The van der Waals surface area contributed by atoms with E-state index in [1.807, 2.05) is 31.2 Å². The first-order valence-corrected chi connectivity index (χ1v) is 23.5. The molecule has 3 fully saturated rings. The lowest BCUT2D eigenvalue weighted by Crippen LogP contribution is -2.63. The molecular weight excluding hydrogens is 811 g/mol. The van der Waals surface area contributed by atoms with Gasteiger partial charge in [0.25, 0.3) is 0 Å². The van der Waals surface area contributed by atoms with Gasteiger partial charge in [0.15, 0.2) is 0 Å². The molecule has 11 nitrogen and oxygen atoms in total. The number of aliphatic hydroxyl groups is 4. The summed E-state index contributed by atoms with van der Waals surface area (Å²) in [6.45, 7) is 3.65. The van der Waals surface area contributed by atoms with E-state index in [1.54, 1.807) is 25.1 Å². The number of Topliss-reactive ketones (excluding diaryl/α,β-unsaturated/α-hetero) is 1. The third-order valence-electron chi connectivity index (χ3n) is 15.8. The minimum Gasteiger partial charge on any atom is -0.508 e. The van der Waals surface area contributed by atoms with Gasteiger partial charge in [-0.2, -0.15) is 0 Å². The number of esters is 2. The minimum absolute atomic E-state index is 0.0262. The molecule has 10 bridgehead atoms. The summed E-state index contributed by atoms with van der Waals surface area (Å²) in [6, 6.07) is 16.9. The molecule has 0 aromatic heterocycles. The van der Waals surface area contributed by atoms with Gasteiger partial charge < -0.3 is 40.3 Å². The number of fused-ring (bicyclic) bond motifs is 8. The Morgan fingerprint density at radius 3 is 2.50 bits per heavy atom. The Hall–Kier alpha value is -4.99. The molecule has 0 radical (unpaired) electrons. The number of hydrogen-bond acceptors (Lipinski definition) is 11. The fourth-order valence-corrected chi connectivity index (χ4v) is 12.5. The monoisotopic (exact) mass is 871 g/mol. The van der Waals surface area contributed by atoms with Crippen molar-refractivity contribution in [2.45, 2.75) is 145 Å². The SMILES string of the molecule is CCC1CCC2C3Cc4cccc(c4)C4(CCCC4)C(O)C=C4CC(c5cc(CO)cc(NCC(C)O)c5)C#CC5CC(=O)Oc6cc(O)c(cc65)CC(OC4=O)C1(O)C2CCC3=O. The van der Waals surface area contributed by atoms with Crippen molar-refractivity contribution in [3.05, 3.63) is 99.6 Å². The largest absolute Gasteiger partial charge is 0.508 e. The smallest absolute Gasteiger partial charge is 0.334 e. The summed E-state index contributed by atoms with van der Waals surface area (Å²) < 4.78 is 12.5. The molecule has 10 atom stereocenters. The van der Waals surface area contributed by atoms with Crippen LogP contribution in [0.5, 0.6) is 11.5 Å². The summed E-state index contributed by atoms with van der Waals surface area (Å²) in [5.41, 5.74) is 2.66. The number of anilines is 1. The van der Waals surface area contributed by atoms with E-state index in [-0.39, 0.29) is 79.4 Å². The van der Waals surface area contributed by atoms with Crippen molar-refractivity contribution in [1.82, 2.24) is 0 Å². The Labute approximate surface area is 375 Å². The van der Waals surface area contributed by atoms with Crippen LogP contribution in [0.15, 0.2) is 66.2 Å². The highest BCUT2D eigenvalue weighted by molar-refractivity contribution is 5.89. The van der Waals surface area contributed by atoms with Crippen LogP contribution in [0, 0.1) is 35.5 Å². The molecule has 6 N–H and O–H groups in total. The Bertz CT molecular complexity index is 2400. The predicted molar refractivity (Wildman–Crippen MR) is 239 cm³/mol. The Morgan fingerprint density at radius 2 is 1.73 bits per heavy atom. The van der Waals surface area contributed by atoms with Crippen LogP contribution in [0.2, 0.25) is 0 Å². The number of phenolic OH excluding ortho intramolecular Hbond substituents is 1.